The van der Waals surface area contributed by atoms with Crippen LogP contribution in [0.25, 0.3) is 0 Å². The average Bonchev–Trinajstić information content (AvgIpc) is 2.71. The fourth-order valence-corrected chi connectivity index (χ4v) is 3.64. The first-order valence-corrected chi connectivity index (χ1v) is 11.0. The summed E-state index contributed by atoms with van der Waals surface area (Å²) >= 11 is 1.14. The van der Waals surface area contributed by atoms with E-state index in [4.69, 9.17) is 13.8 Å². The molecule has 8 nitrogen and oxygen atoms in total. The number of nitrogens with zero attached hydrogens (tertiary/aromatic N) is 1. The van der Waals surface area contributed by atoms with Gasteiger partial charge in [0.1, 0.15) is 23.4 Å². The van der Waals surface area contributed by atoms with Crippen LogP contribution in [0.15, 0.2) is 46.4 Å². The van der Waals surface area contributed by atoms with E-state index in [1.165, 1.54) is 6.92 Å². The van der Waals surface area contributed by atoms with Gasteiger partial charge in [0, 0.05) is 24.4 Å². The van der Waals surface area contributed by atoms with Gasteiger partial charge in [-0.25, -0.2) is 4.79 Å². The highest BCUT2D eigenvalue weighted by Gasteiger charge is 2.34. The molecule has 1 aliphatic rings. The molecule has 0 fully saturated rings. The zero-order chi connectivity index (χ0) is 23.1. The van der Waals surface area contributed by atoms with Gasteiger partial charge in [-0.05, 0) is 75.6 Å². The van der Waals surface area contributed by atoms with E-state index in [-0.39, 0.29) is 5.91 Å². The van der Waals surface area contributed by atoms with Crippen molar-refractivity contribution >= 4 is 41.6 Å². The van der Waals surface area contributed by atoms with Crippen LogP contribution >= 0.6 is 12.0 Å². The first-order chi connectivity index (χ1) is 15.2. The van der Waals surface area contributed by atoms with E-state index >= 15 is 0 Å². The lowest BCUT2D eigenvalue weighted by atomic mass is 9.92. The maximum Gasteiger partial charge on any atom is 0.412 e. The van der Waals surface area contributed by atoms with Crippen LogP contribution in [0.1, 0.15) is 44.7 Å². The smallest absolute Gasteiger partial charge is 0.412 e. The van der Waals surface area contributed by atoms with Gasteiger partial charge in [0.05, 0.1) is 17.2 Å². The molecule has 0 aliphatic carbocycles. The molecule has 1 heterocycles. The monoisotopic (exact) mass is 457 g/mol. The Hall–Kier alpha value is -3.20. The van der Waals surface area contributed by atoms with Crippen molar-refractivity contribution in [1.82, 2.24) is 0 Å². The van der Waals surface area contributed by atoms with Crippen molar-refractivity contribution in [3.63, 3.8) is 0 Å². The zero-order valence-electron chi connectivity index (χ0n) is 18.6. The number of cyclic esters (lactones) is 1. The van der Waals surface area contributed by atoms with Crippen molar-refractivity contribution in [2.75, 3.05) is 17.2 Å². The number of carbonyl (C=O) groups excluding carboxylic acids is 2. The Bertz CT molecular complexity index is 1010. The molecular weight excluding hydrogens is 430 g/mol. The lowest BCUT2D eigenvalue weighted by Gasteiger charge is -2.33. The third-order valence-corrected chi connectivity index (χ3v) is 5.33. The van der Waals surface area contributed by atoms with Crippen molar-refractivity contribution in [3.8, 4) is 5.75 Å². The number of benzene rings is 2. The van der Waals surface area contributed by atoms with Crippen LogP contribution in [0.5, 0.6) is 5.75 Å². The molecule has 0 saturated heterocycles. The third-order valence-electron chi connectivity index (χ3n) is 4.70. The molecule has 1 aliphatic heterocycles. The molecule has 0 radical (unpaired) electrons. The lowest BCUT2D eigenvalue weighted by Crippen LogP contribution is -2.35. The number of rotatable bonds is 9. The predicted octanol–water partition coefficient (Wildman–Crippen LogP) is 5.62. The number of ether oxygens (including phenoxy) is 2. The standard InChI is InChI=1S/C23H27N3O5S/c1-15-13-18(14-20-21(15)26-22(28)30-23(20,3)4)29-12-6-5-11-24-31-32-19-9-7-17(8-10-19)25-16(2)27/h7-11,13-14H,5-6,12H2,1-4H3,(H,25,27)(H,26,28). The number of hydrogen-bond donors (Lipinski definition) is 2. The molecule has 0 saturated carbocycles. The molecule has 2 aromatic rings. The molecule has 0 bridgehead atoms. The normalized spacial score (nSPS) is 14.3. The SMILES string of the molecule is CC(=O)Nc1ccc(SON=CCCCOc2cc(C)c3c(c2)C(C)(C)OC(=O)N3)cc1. The topological polar surface area (TPSA) is 98.2 Å². The number of unbranched alkanes of at least 4 members (excludes halogenated alkanes) is 1. The van der Waals surface area contributed by atoms with Crippen LogP contribution in [0.4, 0.5) is 16.2 Å². The van der Waals surface area contributed by atoms with Gasteiger partial charge in [0.2, 0.25) is 5.91 Å². The van der Waals surface area contributed by atoms with E-state index < -0.39 is 11.7 Å². The number of hydrogen-bond acceptors (Lipinski definition) is 7. The number of amides is 2. The molecule has 0 spiro atoms. The second-order valence-electron chi connectivity index (χ2n) is 7.83. The quantitative estimate of drug-likeness (QED) is 0.219. The van der Waals surface area contributed by atoms with Gasteiger partial charge >= 0.3 is 6.09 Å². The first-order valence-electron chi connectivity index (χ1n) is 10.3. The Morgan fingerprint density at radius 1 is 1.28 bits per heavy atom. The van der Waals surface area contributed by atoms with Crippen LogP contribution < -0.4 is 15.4 Å². The highest BCUT2D eigenvalue weighted by Crippen LogP contribution is 2.39. The van der Waals surface area contributed by atoms with E-state index in [0.29, 0.717) is 13.0 Å². The van der Waals surface area contributed by atoms with Crippen LogP contribution in [-0.4, -0.2) is 24.8 Å². The summed E-state index contributed by atoms with van der Waals surface area (Å²) < 4.78 is 16.5. The van der Waals surface area contributed by atoms with Crippen LogP contribution in [-0.2, 0) is 19.4 Å². The molecule has 2 aromatic carbocycles. The molecule has 32 heavy (non-hydrogen) atoms. The van der Waals surface area contributed by atoms with Gasteiger partial charge in [-0.3, -0.25) is 10.1 Å². The maximum absolute atomic E-state index is 11.7. The predicted molar refractivity (Wildman–Crippen MR) is 125 cm³/mol. The summed E-state index contributed by atoms with van der Waals surface area (Å²) in [7, 11) is 0. The minimum Gasteiger partial charge on any atom is -0.494 e. The summed E-state index contributed by atoms with van der Waals surface area (Å²) in [6.45, 7) is 7.65. The fraction of sp³-hybridized carbons (Fsp3) is 0.348. The third kappa shape index (κ3) is 6.40. The Morgan fingerprint density at radius 2 is 2.03 bits per heavy atom. The van der Waals surface area contributed by atoms with Crippen molar-refractivity contribution in [2.45, 2.75) is 51.0 Å². The van der Waals surface area contributed by atoms with Crippen LogP contribution in [0.3, 0.4) is 0 Å². The number of nitrogens with one attached hydrogen (secondary N) is 2. The summed E-state index contributed by atoms with van der Waals surface area (Å²) in [5, 5.41) is 9.41. The molecule has 0 unspecified atom stereocenters. The zero-order valence-corrected chi connectivity index (χ0v) is 19.4. The molecule has 3 rings (SSSR count). The summed E-state index contributed by atoms with van der Waals surface area (Å²) in [6.07, 6.45) is 2.74. The molecule has 9 heteroatoms. The largest absolute Gasteiger partial charge is 0.494 e. The fourth-order valence-electron chi connectivity index (χ4n) is 3.20. The summed E-state index contributed by atoms with van der Waals surface area (Å²) in [5.74, 6) is 0.629. The van der Waals surface area contributed by atoms with Crippen molar-refractivity contribution in [1.29, 1.82) is 0 Å². The molecule has 2 N–H and O–H groups in total. The van der Waals surface area contributed by atoms with Gasteiger partial charge in [-0.1, -0.05) is 5.16 Å². The van der Waals surface area contributed by atoms with Gasteiger partial charge in [0.25, 0.3) is 0 Å². The Kier molecular flexibility index (Phi) is 7.63. The highest BCUT2D eigenvalue weighted by atomic mass is 32.2. The van der Waals surface area contributed by atoms with Gasteiger partial charge in [-0.15, -0.1) is 0 Å². The van der Waals surface area contributed by atoms with Gasteiger partial charge in [0.15, 0.2) is 0 Å². The van der Waals surface area contributed by atoms with Crippen molar-refractivity contribution in [2.24, 2.45) is 5.16 Å². The molecule has 170 valence electrons. The first kappa shape index (κ1) is 23.5. The van der Waals surface area contributed by atoms with E-state index in [1.54, 1.807) is 18.3 Å². The Labute approximate surface area is 191 Å². The van der Waals surface area contributed by atoms with E-state index in [1.807, 2.05) is 45.0 Å². The minimum absolute atomic E-state index is 0.108. The summed E-state index contributed by atoms with van der Waals surface area (Å²) in [6, 6.07) is 11.1. The van der Waals surface area contributed by atoms with Crippen LogP contribution in [0, 0.1) is 6.92 Å². The molecule has 2 amide bonds. The van der Waals surface area contributed by atoms with E-state index in [2.05, 4.69) is 15.8 Å². The number of carbonyl (C=O) groups is 2. The van der Waals surface area contributed by atoms with E-state index in [0.717, 1.165) is 51.6 Å². The molecule has 0 atom stereocenters. The second-order valence-corrected chi connectivity index (χ2v) is 8.62. The van der Waals surface area contributed by atoms with Crippen molar-refractivity contribution < 1.29 is 23.3 Å². The highest BCUT2D eigenvalue weighted by molar-refractivity contribution is 7.94. The van der Waals surface area contributed by atoms with E-state index in [9.17, 15) is 9.59 Å². The Morgan fingerprint density at radius 3 is 2.75 bits per heavy atom. The number of oxime groups is 1. The minimum atomic E-state index is -0.715. The van der Waals surface area contributed by atoms with Gasteiger partial charge in [-0.2, -0.15) is 0 Å². The molecule has 0 aromatic heterocycles. The number of aryl methyl sites for hydroxylation is 1. The number of anilines is 2. The maximum atomic E-state index is 11.7. The summed E-state index contributed by atoms with van der Waals surface area (Å²) in [5.41, 5.74) is 2.63. The molecular formula is C23H27N3O5S. The average molecular weight is 458 g/mol. The summed E-state index contributed by atoms with van der Waals surface area (Å²) in [4.78, 5) is 23.6. The lowest BCUT2D eigenvalue weighted by molar-refractivity contribution is -0.114. The van der Waals surface area contributed by atoms with Gasteiger partial charge < -0.3 is 19.1 Å². The Balaban J connectivity index is 1.39. The van der Waals surface area contributed by atoms with Crippen LogP contribution in [0.2, 0.25) is 0 Å². The van der Waals surface area contributed by atoms with Crippen molar-refractivity contribution in [3.05, 3.63) is 47.5 Å². The second kappa shape index (κ2) is 10.4. The number of fused-ring (bicyclic) bond motifs is 1.